The standard InChI is InChI=1S/C12H20N4O2Si/c1-13-11(17)15(3)8-6-5-7-9(19)10(8)16(4)12(18)14-2/h5-7H,1-4,19H3,(H,13,17)(H,14,18). The zero-order valence-corrected chi connectivity index (χ0v) is 13.9. The Balaban J connectivity index is 3.30. The Morgan fingerprint density at radius 2 is 1.58 bits per heavy atom. The maximum atomic E-state index is 11.8. The molecule has 1 aromatic rings. The van der Waals surface area contributed by atoms with Crippen molar-refractivity contribution in [2.24, 2.45) is 0 Å². The summed E-state index contributed by atoms with van der Waals surface area (Å²) in [7, 11) is 7.31. The van der Waals surface area contributed by atoms with E-state index in [0.717, 1.165) is 21.1 Å². The lowest BCUT2D eigenvalue weighted by atomic mass is 10.2. The third-order valence-electron chi connectivity index (χ3n) is 2.95. The van der Waals surface area contributed by atoms with E-state index < -0.39 is 0 Å². The van der Waals surface area contributed by atoms with Crippen molar-refractivity contribution in [2.45, 2.75) is 0 Å². The predicted molar refractivity (Wildman–Crippen MR) is 81.7 cm³/mol. The van der Waals surface area contributed by atoms with Crippen LogP contribution < -0.4 is 25.6 Å². The van der Waals surface area contributed by atoms with Crippen molar-refractivity contribution in [3.05, 3.63) is 18.2 Å². The molecule has 0 aliphatic carbocycles. The molecule has 0 radical (unpaired) electrons. The molecule has 0 fully saturated rings. The quantitative estimate of drug-likeness (QED) is 0.699. The van der Waals surface area contributed by atoms with Crippen molar-refractivity contribution in [2.75, 3.05) is 38.0 Å². The van der Waals surface area contributed by atoms with Crippen molar-refractivity contribution in [1.82, 2.24) is 10.6 Å². The molecule has 0 unspecified atom stereocenters. The van der Waals surface area contributed by atoms with E-state index in [1.807, 2.05) is 18.2 Å². The Morgan fingerprint density at radius 3 is 2.11 bits per heavy atom. The van der Waals surface area contributed by atoms with Crippen LogP contribution in [0.3, 0.4) is 0 Å². The summed E-state index contributed by atoms with van der Waals surface area (Å²) in [4.78, 5) is 26.6. The van der Waals surface area contributed by atoms with Gasteiger partial charge >= 0.3 is 12.1 Å². The number of benzene rings is 1. The molecule has 0 atom stereocenters. The molecule has 6 nitrogen and oxygen atoms in total. The highest BCUT2D eigenvalue weighted by atomic mass is 28.1. The minimum atomic E-state index is -0.223. The predicted octanol–water partition coefficient (Wildman–Crippen LogP) is -0.771. The van der Waals surface area contributed by atoms with E-state index in [0.29, 0.717) is 5.69 Å². The van der Waals surface area contributed by atoms with Crippen LogP contribution in [0.4, 0.5) is 21.0 Å². The lowest BCUT2D eigenvalue weighted by molar-refractivity contribution is 0.248. The number of nitrogens with one attached hydrogen (secondary N) is 2. The Labute approximate surface area is 116 Å². The number of carbonyl (C=O) groups excluding carboxylic acids is 2. The molecule has 0 spiro atoms. The van der Waals surface area contributed by atoms with E-state index in [9.17, 15) is 9.59 Å². The third-order valence-corrected chi connectivity index (χ3v) is 3.76. The van der Waals surface area contributed by atoms with Crippen molar-refractivity contribution < 1.29 is 9.59 Å². The van der Waals surface area contributed by atoms with Gasteiger partial charge in [0.1, 0.15) is 0 Å². The highest BCUT2D eigenvalue weighted by Gasteiger charge is 2.20. The molecular formula is C12H20N4O2Si. The molecule has 0 saturated heterocycles. The molecule has 7 heteroatoms. The van der Waals surface area contributed by atoms with Crippen molar-refractivity contribution in [3.63, 3.8) is 0 Å². The first kappa shape index (κ1) is 15.0. The number of amides is 4. The molecular weight excluding hydrogens is 260 g/mol. The second-order valence-electron chi connectivity index (χ2n) is 4.17. The molecule has 0 bridgehead atoms. The maximum Gasteiger partial charge on any atom is 0.321 e. The Kier molecular flexibility index (Phi) is 4.93. The molecule has 0 aromatic heterocycles. The van der Waals surface area contributed by atoms with Crippen molar-refractivity contribution in [1.29, 1.82) is 0 Å². The zero-order chi connectivity index (χ0) is 14.6. The Hall–Kier alpha value is -2.02. The van der Waals surface area contributed by atoms with E-state index in [-0.39, 0.29) is 12.1 Å². The molecule has 1 rings (SSSR count). The zero-order valence-electron chi connectivity index (χ0n) is 11.9. The van der Waals surface area contributed by atoms with E-state index in [4.69, 9.17) is 0 Å². The van der Waals surface area contributed by atoms with Gasteiger partial charge < -0.3 is 10.6 Å². The second-order valence-corrected chi connectivity index (χ2v) is 5.25. The van der Waals surface area contributed by atoms with Crippen LogP contribution in [0.15, 0.2) is 18.2 Å². The van der Waals surface area contributed by atoms with E-state index in [2.05, 4.69) is 10.6 Å². The van der Waals surface area contributed by atoms with Gasteiger partial charge in [-0.3, -0.25) is 9.80 Å². The van der Waals surface area contributed by atoms with Crippen LogP contribution in [0.25, 0.3) is 0 Å². The first-order chi connectivity index (χ1) is 8.93. The van der Waals surface area contributed by atoms with Crippen LogP contribution in [0, 0.1) is 0 Å². The lowest BCUT2D eigenvalue weighted by Crippen LogP contribution is -2.41. The molecule has 0 aliphatic heterocycles. The van der Waals surface area contributed by atoms with E-state index in [1.165, 1.54) is 9.80 Å². The summed E-state index contributed by atoms with van der Waals surface area (Å²) in [5.74, 6) is 0. The van der Waals surface area contributed by atoms with Gasteiger partial charge in [0.15, 0.2) is 0 Å². The number of hydrogen-bond donors (Lipinski definition) is 2. The fourth-order valence-corrected chi connectivity index (χ4v) is 2.68. The third kappa shape index (κ3) is 3.05. The minimum absolute atomic E-state index is 0.213. The normalized spacial score (nSPS) is 9.89. The average molecular weight is 280 g/mol. The van der Waals surface area contributed by atoms with Gasteiger partial charge in [-0.2, -0.15) is 0 Å². The molecule has 0 heterocycles. The number of carbonyl (C=O) groups is 2. The highest BCUT2D eigenvalue weighted by molar-refractivity contribution is 6.37. The van der Waals surface area contributed by atoms with Gasteiger partial charge in [0.25, 0.3) is 0 Å². The summed E-state index contributed by atoms with van der Waals surface area (Å²) in [6, 6.07) is 5.24. The van der Waals surface area contributed by atoms with Gasteiger partial charge in [-0.25, -0.2) is 9.59 Å². The first-order valence-electron chi connectivity index (χ1n) is 5.94. The summed E-state index contributed by atoms with van der Waals surface area (Å²) in [6.07, 6.45) is 0. The molecule has 104 valence electrons. The topological polar surface area (TPSA) is 64.7 Å². The summed E-state index contributed by atoms with van der Waals surface area (Å²) >= 11 is 0. The largest absolute Gasteiger partial charge is 0.341 e. The molecule has 19 heavy (non-hydrogen) atoms. The highest BCUT2D eigenvalue weighted by Crippen LogP contribution is 2.25. The average Bonchev–Trinajstić information content (AvgIpc) is 2.43. The molecule has 1 aromatic carbocycles. The van der Waals surface area contributed by atoms with Crippen LogP contribution in [0.2, 0.25) is 0 Å². The Bertz CT molecular complexity index is 493. The maximum absolute atomic E-state index is 11.8. The molecule has 4 amide bonds. The van der Waals surface area contributed by atoms with E-state index >= 15 is 0 Å². The fourth-order valence-electron chi connectivity index (χ4n) is 1.90. The summed E-state index contributed by atoms with van der Waals surface area (Å²) in [6.45, 7) is 0. The van der Waals surface area contributed by atoms with Crippen LogP contribution in [-0.4, -0.2) is 50.5 Å². The van der Waals surface area contributed by atoms with Gasteiger partial charge in [0.05, 0.1) is 11.4 Å². The fraction of sp³-hybridized carbons (Fsp3) is 0.333. The van der Waals surface area contributed by atoms with Crippen LogP contribution >= 0.6 is 0 Å². The van der Waals surface area contributed by atoms with Gasteiger partial charge in [-0.05, 0) is 11.3 Å². The van der Waals surface area contributed by atoms with Gasteiger partial charge in [0, 0.05) is 38.4 Å². The monoisotopic (exact) mass is 280 g/mol. The number of para-hydroxylation sites is 1. The molecule has 2 N–H and O–H groups in total. The second kappa shape index (κ2) is 6.23. The number of nitrogens with zero attached hydrogens (tertiary/aromatic N) is 2. The first-order valence-corrected chi connectivity index (χ1v) is 6.94. The molecule has 0 saturated carbocycles. The van der Waals surface area contributed by atoms with E-state index in [1.54, 1.807) is 28.2 Å². The smallest absolute Gasteiger partial charge is 0.321 e. The van der Waals surface area contributed by atoms with Gasteiger partial charge in [0.2, 0.25) is 0 Å². The number of rotatable bonds is 2. The molecule has 0 aliphatic rings. The van der Waals surface area contributed by atoms with Crippen molar-refractivity contribution in [3.8, 4) is 0 Å². The van der Waals surface area contributed by atoms with Crippen LogP contribution in [0.5, 0.6) is 0 Å². The van der Waals surface area contributed by atoms with Gasteiger partial charge in [-0.1, -0.05) is 12.1 Å². The summed E-state index contributed by atoms with van der Waals surface area (Å²) < 4.78 is 0. The number of urea groups is 2. The van der Waals surface area contributed by atoms with Gasteiger partial charge in [-0.15, -0.1) is 0 Å². The lowest BCUT2D eigenvalue weighted by Gasteiger charge is -2.27. The summed E-state index contributed by atoms with van der Waals surface area (Å²) in [5, 5.41) is 6.21. The van der Waals surface area contributed by atoms with Crippen molar-refractivity contribution >= 4 is 38.9 Å². The van der Waals surface area contributed by atoms with Crippen LogP contribution in [-0.2, 0) is 0 Å². The SMILES string of the molecule is CNC(=O)N(C)c1cccc([SiH3])c1N(C)C(=O)NC. The summed E-state index contributed by atoms with van der Waals surface area (Å²) in [5.41, 5.74) is 1.47. The minimum Gasteiger partial charge on any atom is -0.341 e. The number of hydrogen-bond acceptors (Lipinski definition) is 2. The Morgan fingerprint density at radius 1 is 1.05 bits per heavy atom. The van der Waals surface area contributed by atoms with Crippen LogP contribution in [0.1, 0.15) is 0 Å². The number of anilines is 2.